The van der Waals surface area contributed by atoms with Crippen molar-refractivity contribution in [3.05, 3.63) is 0 Å². The van der Waals surface area contributed by atoms with Crippen LogP contribution < -0.4 is 5.32 Å². The van der Waals surface area contributed by atoms with Crippen molar-refractivity contribution in [2.75, 3.05) is 33.7 Å². The largest absolute Gasteiger partial charge is 0.338 e. The lowest BCUT2D eigenvalue weighted by atomic mass is 10.4. The van der Waals surface area contributed by atoms with Gasteiger partial charge < -0.3 is 10.2 Å². The topological polar surface area (TPSA) is 52.7 Å². The molecule has 15 heavy (non-hydrogen) atoms. The Balaban J connectivity index is 3.77. The van der Waals surface area contributed by atoms with Crippen LogP contribution in [0.4, 0.5) is 4.79 Å². The Morgan fingerprint density at radius 1 is 1.27 bits per heavy atom. The van der Waals surface area contributed by atoms with Crippen LogP contribution >= 0.6 is 0 Å². The fourth-order valence-corrected chi connectivity index (χ4v) is 1.20. The average molecular weight is 215 g/mol. The van der Waals surface area contributed by atoms with Crippen LogP contribution in [0.1, 0.15) is 20.3 Å². The molecule has 0 saturated carbocycles. The molecule has 0 rings (SSSR count). The summed E-state index contributed by atoms with van der Waals surface area (Å²) in [7, 11) is 3.96. The van der Waals surface area contributed by atoms with E-state index in [1.165, 1.54) is 11.8 Å². The Kier molecular flexibility index (Phi) is 6.70. The molecule has 0 aromatic carbocycles. The standard InChI is InChI=1S/C10H21N3O2/c1-5-13(9(2)14)10(15)11-7-6-8-12(3)4/h5-8H2,1-4H3,(H,11,15). The second-order valence-electron chi connectivity index (χ2n) is 3.65. The number of rotatable bonds is 5. The van der Waals surface area contributed by atoms with Crippen LogP contribution in [-0.4, -0.2) is 55.5 Å². The van der Waals surface area contributed by atoms with E-state index in [1.807, 2.05) is 14.1 Å². The van der Waals surface area contributed by atoms with Crippen LogP contribution in [0.5, 0.6) is 0 Å². The summed E-state index contributed by atoms with van der Waals surface area (Å²) in [6.07, 6.45) is 0.883. The quantitative estimate of drug-likeness (QED) is 0.680. The minimum absolute atomic E-state index is 0.220. The second kappa shape index (κ2) is 7.23. The van der Waals surface area contributed by atoms with Crippen molar-refractivity contribution in [2.24, 2.45) is 0 Å². The normalized spacial score (nSPS) is 10.2. The fraction of sp³-hybridized carbons (Fsp3) is 0.800. The van der Waals surface area contributed by atoms with Gasteiger partial charge in [0.15, 0.2) is 0 Å². The molecular formula is C10H21N3O2. The highest BCUT2D eigenvalue weighted by Crippen LogP contribution is 1.90. The summed E-state index contributed by atoms with van der Waals surface area (Å²) in [6, 6.07) is -0.302. The number of hydrogen-bond donors (Lipinski definition) is 1. The molecule has 0 aliphatic heterocycles. The summed E-state index contributed by atoms with van der Waals surface area (Å²) < 4.78 is 0. The third kappa shape index (κ3) is 6.06. The molecule has 5 nitrogen and oxygen atoms in total. The van der Waals surface area contributed by atoms with Gasteiger partial charge in [-0.25, -0.2) is 4.79 Å². The zero-order valence-electron chi connectivity index (χ0n) is 10.0. The molecule has 0 radical (unpaired) electrons. The number of hydrogen-bond acceptors (Lipinski definition) is 3. The van der Waals surface area contributed by atoms with Crippen molar-refractivity contribution >= 4 is 11.9 Å². The maximum Gasteiger partial charge on any atom is 0.324 e. The van der Waals surface area contributed by atoms with E-state index in [0.29, 0.717) is 13.1 Å². The van der Waals surface area contributed by atoms with Crippen LogP contribution in [0, 0.1) is 0 Å². The summed E-state index contributed by atoms with van der Waals surface area (Å²) >= 11 is 0. The Hall–Kier alpha value is -1.10. The number of urea groups is 1. The van der Waals surface area contributed by atoms with E-state index in [2.05, 4.69) is 10.2 Å². The molecule has 3 amide bonds. The van der Waals surface area contributed by atoms with Crippen LogP contribution in [0.3, 0.4) is 0 Å². The predicted molar refractivity (Wildman–Crippen MR) is 59.6 cm³/mol. The molecule has 0 saturated heterocycles. The Morgan fingerprint density at radius 2 is 1.87 bits per heavy atom. The molecule has 0 fully saturated rings. The molecule has 1 N–H and O–H groups in total. The molecule has 0 bridgehead atoms. The lowest BCUT2D eigenvalue weighted by Crippen LogP contribution is -2.43. The van der Waals surface area contributed by atoms with Gasteiger partial charge in [0.05, 0.1) is 0 Å². The first-order valence-electron chi connectivity index (χ1n) is 5.19. The summed E-state index contributed by atoms with van der Waals surface area (Å²) in [5.41, 5.74) is 0. The second-order valence-corrected chi connectivity index (χ2v) is 3.65. The fourth-order valence-electron chi connectivity index (χ4n) is 1.20. The number of amides is 3. The highest BCUT2D eigenvalue weighted by atomic mass is 16.2. The van der Waals surface area contributed by atoms with Crippen molar-refractivity contribution in [2.45, 2.75) is 20.3 Å². The van der Waals surface area contributed by atoms with Gasteiger partial charge in [-0.2, -0.15) is 0 Å². The first kappa shape index (κ1) is 13.9. The molecule has 0 spiro atoms. The molecule has 0 aromatic rings. The number of nitrogens with zero attached hydrogens (tertiary/aromatic N) is 2. The molecule has 0 unspecified atom stereocenters. The van der Waals surface area contributed by atoms with Gasteiger partial charge in [-0.1, -0.05) is 0 Å². The van der Waals surface area contributed by atoms with Crippen LogP contribution in [0.2, 0.25) is 0 Å². The highest BCUT2D eigenvalue weighted by molar-refractivity contribution is 5.93. The minimum Gasteiger partial charge on any atom is -0.338 e. The lowest BCUT2D eigenvalue weighted by molar-refractivity contribution is -0.125. The van der Waals surface area contributed by atoms with Crippen molar-refractivity contribution in [1.82, 2.24) is 15.1 Å². The van der Waals surface area contributed by atoms with Crippen LogP contribution in [0.25, 0.3) is 0 Å². The molecule has 0 aliphatic carbocycles. The summed E-state index contributed by atoms with van der Waals surface area (Å²) in [4.78, 5) is 25.7. The third-order valence-corrected chi connectivity index (χ3v) is 2.00. The molecule has 0 aromatic heterocycles. The van der Waals surface area contributed by atoms with E-state index in [0.717, 1.165) is 13.0 Å². The van der Waals surface area contributed by atoms with Crippen molar-refractivity contribution in [3.8, 4) is 0 Å². The van der Waals surface area contributed by atoms with Gasteiger partial charge in [0, 0.05) is 20.0 Å². The number of carbonyl (C=O) groups is 2. The molecule has 0 aliphatic rings. The average Bonchev–Trinajstić information content (AvgIpc) is 2.12. The maximum atomic E-state index is 11.4. The van der Waals surface area contributed by atoms with E-state index in [4.69, 9.17) is 0 Å². The monoisotopic (exact) mass is 215 g/mol. The van der Waals surface area contributed by atoms with Crippen molar-refractivity contribution < 1.29 is 9.59 Å². The SMILES string of the molecule is CCN(C(C)=O)C(=O)NCCCN(C)C. The Bertz CT molecular complexity index is 217. The van der Waals surface area contributed by atoms with E-state index in [-0.39, 0.29) is 11.9 Å². The first-order valence-corrected chi connectivity index (χ1v) is 5.19. The predicted octanol–water partition coefficient (Wildman–Crippen LogP) is 0.516. The van der Waals surface area contributed by atoms with Gasteiger partial charge in [-0.3, -0.25) is 9.69 Å². The van der Waals surface area contributed by atoms with Gasteiger partial charge in [0.2, 0.25) is 5.91 Å². The summed E-state index contributed by atoms with van der Waals surface area (Å²) in [5.74, 6) is -0.220. The summed E-state index contributed by atoms with van der Waals surface area (Å²) in [5, 5.41) is 2.71. The van der Waals surface area contributed by atoms with Gasteiger partial charge >= 0.3 is 6.03 Å². The number of carbonyl (C=O) groups excluding carboxylic acids is 2. The zero-order chi connectivity index (χ0) is 11.8. The molecular weight excluding hydrogens is 194 g/mol. The van der Waals surface area contributed by atoms with Gasteiger partial charge in [-0.15, -0.1) is 0 Å². The van der Waals surface area contributed by atoms with Gasteiger partial charge in [0.1, 0.15) is 0 Å². The van der Waals surface area contributed by atoms with E-state index >= 15 is 0 Å². The number of nitrogens with one attached hydrogen (secondary N) is 1. The van der Waals surface area contributed by atoms with Crippen LogP contribution in [0.15, 0.2) is 0 Å². The minimum atomic E-state index is -0.302. The van der Waals surface area contributed by atoms with E-state index < -0.39 is 0 Å². The maximum absolute atomic E-state index is 11.4. The molecule has 0 heterocycles. The molecule has 5 heteroatoms. The van der Waals surface area contributed by atoms with Gasteiger partial charge in [-0.05, 0) is 34.0 Å². The van der Waals surface area contributed by atoms with E-state index in [9.17, 15) is 9.59 Å². The van der Waals surface area contributed by atoms with E-state index in [1.54, 1.807) is 6.92 Å². The lowest BCUT2D eigenvalue weighted by Gasteiger charge is -2.17. The third-order valence-electron chi connectivity index (χ3n) is 2.00. The zero-order valence-corrected chi connectivity index (χ0v) is 10.0. The van der Waals surface area contributed by atoms with Crippen molar-refractivity contribution in [3.63, 3.8) is 0 Å². The molecule has 0 atom stereocenters. The Labute approximate surface area is 91.4 Å². The van der Waals surface area contributed by atoms with Crippen LogP contribution in [-0.2, 0) is 4.79 Å². The van der Waals surface area contributed by atoms with Crippen molar-refractivity contribution in [1.29, 1.82) is 0 Å². The molecule has 88 valence electrons. The first-order chi connectivity index (χ1) is 6.99. The Morgan fingerprint density at radius 3 is 2.27 bits per heavy atom. The summed E-state index contributed by atoms with van der Waals surface area (Å²) in [6.45, 7) is 5.10. The highest BCUT2D eigenvalue weighted by Gasteiger charge is 2.14. The number of imide groups is 1. The van der Waals surface area contributed by atoms with Gasteiger partial charge in [0.25, 0.3) is 0 Å². The smallest absolute Gasteiger partial charge is 0.324 e.